The minimum Gasteiger partial charge on any atom is -0.452 e. The molecule has 1 aromatic heterocycles. The number of carbonyl (C=O) groups is 3. The van der Waals surface area contributed by atoms with Gasteiger partial charge >= 0.3 is 18.2 Å². The molecule has 0 radical (unpaired) electrons. The molecule has 2 amide bonds. The van der Waals surface area contributed by atoms with Gasteiger partial charge in [-0.25, -0.2) is 14.6 Å². The van der Waals surface area contributed by atoms with Crippen LogP contribution in [0.5, 0.6) is 0 Å². The van der Waals surface area contributed by atoms with E-state index in [-0.39, 0.29) is 17.1 Å². The summed E-state index contributed by atoms with van der Waals surface area (Å²) in [6.07, 6.45) is -4.85. The number of rotatable bonds is 5. The highest BCUT2D eigenvalue weighted by molar-refractivity contribution is 6.33. The lowest BCUT2D eigenvalue weighted by molar-refractivity contribution is -0.137. The molecular weight excluding hydrogens is 455 g/mol. The van der Waals surface area contributed by atoms with Gasteiger partial charge in [0.05, 0.1) is 16.1 Å². The molecule has 2 aromatic rings. The number of nitrogens with zero attached hydrogens (tertiary/aromatic N) is 1. The van der Waals surface area contributed by atoms with Crippen LogP contribution in [0.1, 0.15) is 36.7 Å². The molecule has 2 N–H and O–H groups in total. The summed E-state index contributed by atoms with van der Waals surface area (Å²) >= 11 is 5.71. The lowest BCUT2D eigenvalue weighted by Crippen LogP contribution is -2.27. The third kappa shape index (κ3) is 7.73. The van der Waals surface area contributed by atoms with E-state index in [0.717, 1.165) is 0 Å². The van der Waals surface area contributed by atoms with Crippen molar-refractivity contribution < 1.29 is 37.0 Å². The maximum Gasteiger partial charge on any atom is 0.417 e. The maximum absolute atomic E-state index is 12.6. The van der Waals surface area contributed by atoms with Crippen LogP contribution in [0, 0.1) is 0 Å². The highest BCUT2D eigenvalue weighted by atomic mass is 35.5. The molecule has 8 nitrogen and oxygen atoms in total. The smallest absolute Gasteiger partial charge is 0.417 e. The number of amides is 2. The summed E-state index contributed by atoms with van der Waals surface area (Å²) in [4.78, 5) is 39.4. The summed E-state index contributed by atoms with van der Waals surface area (Å²) < 4.78 is 47.9. The minimum atomic E-state index is -4.64. The summed E-state index contributed by atoms with van der Waals surface area (Å²) in [5.74, 6) is -2.06. The predicted octanol–water partition coefficient (Wildman–Crippen LogP) is 4.90. The second-order valence-corrected chi connectivity index (χ2v) is 7.79. The first-order chi connectivity index (χ1) is 14.7. The van der Waals surface area contributed by atoms with Gasteiger partial charge < -0.3 is 14.8 Å². The Balaban J connectivity index is 1.94. The van der Waals surface area contributed by atoms with Crippen molar-refractivity contribution in [2.75, 3.05) is 17.2 Å². The highest BCUT2D eigenvalue weighted by Gasteiger charge is 2.31. The summed E-state index contributed by atoms with van der Waals surface area (Å²) in [6, 6.07) is 6.33. The van der Waals surface area contributed by atoms with Crippen molar-refractivity contribution in [3.8, 4) is 0 Å². The number of esters is 1. The quantitative estimate of drug-likeness (QED) is 0.598. The number of nitrogens with one attached hydrogen (secondary N) is 2. The summed E-state index contributed by atoms with van der Waals surface area (Å²) in [7, 11) is 0. The maximum atomic E-state index is 12.6. The van der Waals surface area contributed by atoms with E-state index in [9.17, 15) is 27.6 Å². The zero-order valence-electron chi connectivity index (χ0n) is 17.2. The Hall–Kier alpha value is -3.34. The molecule has 0 bridgehead atoms. The van der Waals surface area contributed by atoms with Crippen molar-refractivity contribution in [3.63, 3.8) is 0 Å². The summed E-state index contributed by atoms with van der Waals surface area (Å²) in [6.45, 7) is 4.33. The molecule has 0 aliphatic carbocycles. The van der Waals surface area contributed by atoms with Crippen LogP contribution in [0.3, 0.4) is 0 Å². The topological polar surface area (TPSA) is 107 Å². The number of anilines is 2. The minimum absolute atomic E-state index is 0.0389. The molecule has 0 spiro atoms. The van der Waals surface area contributed by atoms with E-state index in [4.69, 9.17) is 21.1 Å². The Morgan fingerprint density at radius 1 is 1.09 bits per heavy atom. The van der Waals surface area contributed by atoms with Crippen LogP contribution < -0.4 is 10.6 Å². The molecule has 32 heavy (non-hydrogen) atoms. The van der Waals surface area contributed by atoms with Gasteiger partial charge in [-0.2, -0.15) is 13.2 Å². The second kappa shape index (κ2) is 9.86. The molecule has 0 fully saturated rings. The van der Waals surface area contributed by atoms with Crippen molar-refractivity contribution in [3.05, 3.63) is 52.7 Å². The van der Waals surface area contributed by atoms with E-state index < -0.39 is 46.9 Å². The van der Waals surface area contributed by atoms with Crippen LogP contribution in [0.4, 0.5) is 29.5 Å². The Bertz CT molecular complexity index is 1020. The Labute approximate surface area is 186 Å². The van der Waals surface area contributed by atoms with Crippen LogP contribution in [-0.2, 0) is 20.4 Å². The fourth-order valence-corrected chi connectivity index (χ4v) is 2.43. The van der Waals surface area contributed by atoms with E-state index in [1.165, 1.54) is 24.3 Å². The number of hydrogen-bond acceptors (Lipinski definition) is 6. The monoisotopic (exact) mass is 473 g/mol. The normalized spacial score (nSPS) is 11.5. The van der Waals surface area contributed by atoms with Crippen LogP contribution >= 0.6 is 11.6 Å². The first-order valence-electron chi connectivity index (χ1n) is 9.04. The van der Waals surface area contributed by atoms with Crippen LogP contribution in [-0.4, -0.2) is 35.2 Å². The number of alkyl halides is 3. The third-order valence-corrected chi connectivity index (χ3v) is 3.79. The molecule has 0 unspecified atom stereocenters. The average Bonchev–Trinajstić information content (AvgIpc) is 2.65. The largest absolute Gasteiger partial charge is 0.452 e. The van der Waals surface area contributed by atoms with E-state index in [2.05, 4.69) is 15.6 Å². The molecule has 12 heteroatoms. The Morgan fingerprint density at radius 3 is 2.38 bits per heavy atom. The van der Waals surface area contributed by atoms with Crippen molar-refractivity contribution in [1.29, 1.82) is 0 Å². The summed E-state index contributed by atoms with van der Waals surface area (Å²) in [5.41, 5.74) is -1.48. The molecule has 0 aliphatic heterocycles. The zero-order valence-corrected chi connectivity index (χ0v) is 17.9. The van der Waals surface area contributed by atoms with Crippen LogP contribution in [0.25, 0.3) is 0 Å². The van der Waals surface area contributed by atoms with E-state index in [0.29, 0.717) is 12.3 Å². The van der Waals surface area contributed by atoms with Crippen molar-refractivity contribution in [2.24, 2.45) is 0 Å². The summed E-state index contributed by atoms with van der Waals surface area (Å²) in [5, 5.41) is 4.19. The number of hydrogen-bond donors (Lipinski definition) is 2. The number of carbonyl (C=O) groups excluding carboxylic acids is 3. The van der Waals surface area contributed by atoms with Gasteiger partial charge in [-0.1, -0.05) is 17.7 Å². The number of halogens is 4. The van der Waals surface area contributed by atoms with Crippen molar-refractivity contribution in [1.82, 2.24) is 4.98 Å². The number of aromatic nitrogens is 1. The molecule has 0 aliphatic rings. The first-order valence-corrected chi connectivity index (χ1v) is 9.42. The first kappa shape index (κ1) is 24.9. The molecule has 0 saturated carbocycles. The van der Waals surface area contributed by atoms with Gasteiger partial charge in [0.15, 0.2) is 12.4 Å². The standard InChI is InChI=1S/C20H19ClF3N3O5/c1-19(2,3)32-18(30)26-13-6-4-5-11(7-13)17(29)31-10-15(28)27-16-14(21)8-12(9-25-16)20(22,23)24/h4-9H,10H2,1-3H3,(H,26,30)(H,25,27,28). The molecular formula is C20H19ClF3N3O5. The predicted molar refractivity (Wildman–Crippen MR) is 109 cm³/mol. The van der Waals surface area contributed by atoms with Crippen LogP contribution in [0.2, 0.25) is 5.02 Å². The number of pyridine rings is 1. The van der Waals surface area contributed by atoms with Crippen LogP contribution in [0.15, 0.2) is 36.5 Å². The SMILES string of the molecule is CC(C)(C)OC(=O)Nc1cccc(C(=O)OCC(=O)Nc2ncc(C(F)(F)F)cc2Cl)c1. The lowest BCUT2D eigenvalue weighted by atomic mass is 10.2. The second-order valence-electron chi connectivity index (χ2n) is 7.38. The van der Waals surface area contributed by atoms with Gasteiger partial charge in [0.25, 0.3) is 5.91 Å². The van der Waals surface area contributed by atoms with Gasteiger partial charge in [0.2, 0.25) is 0 Å². The van der Waals surface area contributed by atoms with E-state index >= 15 is 0 Å². The van der Waals surface area contributed by atoms with Gasteiger partial charge in [-0.3, -0.25) is 10.1 Å². The molecule has 0 saturated heterocycles. The van der Waals surface area contributed by atoms with Crippen molar-refractivity contribution in [2.45, 2.75) is 32.5 Å². The van der Waals surface area contributed by atoms with Gasteiger partial charge in [0.1, 0.15) is 5.60 Å². The average molecular weight is 474 g/mol. The lowest BCUT2D eigenvalue weighted by Gasteiger charge is -2.19. The molecule has 1 aromatic carbocycles. The fourth-order valence-electron chi connectivity index (χ4n) is 2.21. The van der Waals surface area contributed by atoms with Gasteiger partial charge in [-0.05, 0) is 45.0 Å². The van der Waals surface area contributed by atoms with E-state index in [1.54, 1.807) is 20.8 Å². The zero-order chi connectivity index (χ0) is 24.1. The highest BCUT2D eigenvalue weighted by Crippen LogP contribution is 2.32. The third-order valence-electron chi connectivity index (χ3n) is 3.50. The van der Waals surface area contributed by atoms with Crippen molar-refractivity contribution >= 4 is 41.1 Å². The fraction of sp³-hybridized carbons (Fsp3) is 0.300. The number of ether oxygens (including phenoxy) is 2. The Morgan fingerprint density at radius 2 is 1.78 bits per heavy atom. The molecule has 172 valence electrons. The van der Waals surface area contributed by atoms with E-state index in [1.807, 2.05) is 0 Å². The number of benzene rings is 1. The molecule has 1 heterocycles. The molecule has 2 rings (SSSR count). The molecule has 0 atom stereocenters. The Kier molecular flexibility index (Phi) is 7.68. The van der Waals surface area contributed by atoms with Gasteiger partial charge in [-0.15, -0.1) is 0 Å². The van der Waals surface area contributed by atoms with Gasteiger partial charge in [0, 0.05) is 11.9 Å².